The van der Waals surface area contributed by atoms with Crippen molar-refractivity contribution in [2.45, 2.75) is 39.8 Å². The van der Waals surface area contributed by atoms with Crippen LogP contribution in [0.1, 0.15) is 46.3 Å². The fourth-order valence-corrected chi connectivity index (χ4v) is 6.39. The molecule has 13 heteroatoms. The highest BCUT2D eigenvalue weighted by atomic mass is 35.5. The number of carbonyl (C=O) groups excluding carboxylic acids is 2. The van der Waals surface area contributed by atoms with Crippen molar-refractivity contribution in [1.82, 2.24) is 14.3 Å². The van der Waals surface area contributed by atoms with E-state index in [4.69, 9.17) is 20.8 Å². The third kappa shape index (κ3) is 5.69. The van der Waals surface area contributed by atoms with Gasteiger partial charge in [0.25, 0.3) is 5.91 Å². The molecule has 3 aromatic rings. The van der Waals surface area contributed by atoms with Crippen LogP contribution < -0.4 is 5.32 Å². The molecule has 0 saturated carbocycles. The van der Waals surface area contributed by atoms with Gasteiger partial charge in [0.05, 0.1) is 41.6 Å². The molecule has 3 aromatic heterocycles. The van der Waals surface area contributed by atoms with Crippen LogP contribution in [0.4, 0.5) is 5.82 Å². The number of carbonyl (C=O) groups is 2. The minimum atomic E-state index is -3.12. The number of hydrogen-bond acceptors (Lipinski definition) is 8. The molecule has 1 N–H and O–H groups in total. The summed E-state index contributed by atoms with van der Waals surface area (Å²) < 4.78 is 37.3. The fourth-order valence-electron chi connectivity index (χ4n) is 4.32. The molecule has 0 bridgehead atoms. The quantitative estimate of drug-likeness (QED) is 0.326. The lowest BCUT2D eigenvalue weighted by Gasteiger charge is -2.12. The summed E-state index contributed by atoms with van der Waals surface area (Å²) in [7, 11) is -3.12. The minimum Gasteiger partial charge on any atom is -0.467 e. The molecule has 0 aliphatic carbocycles. The van der Waals surface area contributed by atoms with Gasteiger partial charge in [-0.1, -0.05) is 11.6 Å². The molecule has 38 heavy (non-hydrogen) atoms. The van der Waals surface area contributed by atoms with Crippen molar-refractivity contribution < 1.29 is 27.2 Å². The number of ether oxygens (including phenoxy) is 1. The van der Waals surface area contributed by atoms with Crippen LogP contribution >= 0.6 is 11.6 Å². The van der Waals surface area contributed by atoms with Gasteiger partial charge in [-0.25, -0.2) is 17.9 Å². The van der Waals surface area contributed by atoms with Crippen LogP contribution in [0, 0.1) is 32.1 Å². The number of esters is 1. The van der Waals surface area contributed by atoms with Gasteiger partial charge in [0.1, 0.15) is 22.8 Å². The zero-order chi connectivity index (χ0) is 27.6. The zero-order valence-corrected chi connectivity index (χ0v) is 22.6. The van der Waals surface area contributed by atoms with Gasteiger partial charge in [-0.15, -0.1) is 0 Å². The summed E-state index contributed by atoms with van der Waals surface area (Å²) in [5, 5.41) is 16.9. The van der Waals surface area contributed by atoms with Crippen LogP contribution in [0.2, 0.25) is 5.15 Å². The highest BCUT2D eigenvalue weighted by Gasteiger charge is 2.31. The second-order valence-corrected chi connectivity index (χ2v) is 11.6. The number of amides is 1. The van der Waals surface area contributed by atoms with E-state index in [0.717, 1.165) is 17.3 Å². The summed E-state index contributed by atoms with van der Waals surface area (Å²) in [6.07, 6.45) is 4.49. The average Bonchev–Trinajstić information content (AvgIpc) is 3.62. The van der Waals surface area contributed by atoms with E-state index in [-0.39, 0.29) is 22.7 Å². The van der Waals surface area contributed by atoms with Crippen LogP contribution in [-0.4, -0.2) is 52.8 Å². The van der Waals surface area contributed by atoms with Crippen LogP contribution in [0.25, 0.3) is 6.08 Å². The molecule has 1 amide bonds. The van der Waals surface area contributed by atoms with Crippen LogP contribution in [0.3, 0.4) is 0 Å². The average molecular weight is 560 g/mol. The minimum absolute atomic E-state index is 0.0361. The van der Waals surface area contributed by atoms with Gasteiger partial charge in [-0.05, 0) is 51.0 Å². The smallest absolute Gasteiger partial charge is 0.331 e. The Morgan fingerprint density at radius 2 is 2.13 bits per heavy atom. The molecule has 200 valence electrons. The van der Waals surface area contributed by atoms with Crippen LogP contribution in [0.15, 0.2) is 28.9 Å². The number of nitrogens with one attached hydrogen (secondary N) is 1. The van der Waals surface area contributed by atoms with Crippen molar-refractivity contribution >= 4 is 45.2 Å². The van der Waals surface area contributed by atoms with E-state index in [9.17, 15) is 23.3 Å². The maximum absolute atomic E-state index is 12.6. The number of nitriles is 1. The first-order chi connectivity index (χ1) is 18.0. The first-order valence-electron chi connectivity index (χ1n) is 11.7. The lowest BCUT2D eigenvalue weighted by molar-refractivity contribution is -0.142. The number of aromatic nitrogens is 3. The molecule has 0 radical (unpaired) electrons. The molecule has 0 aromatic carbocycles. The number of sulfone groups is 1. The van der Waals surface area contributed by atoms with Crippen molar-refractivity contribution in [2.24, 2.45) is 0 Å². The maximum Gasteiger partial charge on any atom is 0.331 e. The molecule has 1 unspecified atom stereocenters. The summed E-state index contributed by atoms with van der Waals surface area (Å²) in [4.78, 5) is 24.9. The standard InChI is InChI=1S/C25H26ClN5O6S/c1-15-17(3)30(12-19-5-4-9-36-19)25(21(15)11-27)28-22(32)13-37-23(33)7-6-20-16(2)29-31(24(20)26)18-8-10-38(34,35)14-18/h4-7,9,18H,8,10,12-14H2,1-3H3,(H,28,32)/b7-6+. The van der Waals surface area contributed by atoms with E-state index >= 15 is 0 Å². The molecule has 0 spiro atoms. The largest absolute Gasteiger partial charge is 0.467 e. The Morgan fingerprint density at radius 3 is 2.76 bits per heavy atom. The van der Waals surface area contributed by atoms with Crippen molar-refractivity contribution in [3.63, 3.8) is 0 Å². The van der Waals surface area contributed by atoms with E-state index in [2.05, 4.69) is 16.5 Å². The van der Waals surface area contributed by atoms with Crippen molar-refractivity contribution in [2.75, 3.05) is 23.4 Å². The van der Waals surface area contributed by atoms with Crippen molar-refractivity contribution in [3.05, 3.63) is 63.5 Å². The monoisotopic (exact) mass is 559 g/mol. The maximum atomic E-state index is 12.6. The van der Waals surface area contributed by atoms with E-state index in [1.54, 1.807) is 30.5 Å². The predicted octanol–water partition coefficient (Wildman–Crippen LogP) is 3.33. The van der Waals surface area contributed by atoms with E-state index < -0.39 is 28.3 Å². The summed E-state index contributed by atoms with van der Waals surface area (Å²) in [5.41, 5.74) is 2.80. The number of hydrogen-bond donors (Lipinski definition) is 1. The second kappa shape index (κ2) is 10.9. The molecular weight excluding hydrogens is 534 g/mol. The second-order valence-electron chi connectivity index (χ2n) is 8.99. The van der Waals surface area contributed by atoms with Gasteiger partial charge in [-0.3, -0.25) is 4.79 Å². The van der Waals surface area contributed by atoms with E-state index in [1.807, 2.05) is 6.92 Å². The van der Waals surface area contributed by atoms with Crippen molar-refractivity contribution in [1.29, 1.82) is 5.26 Å². The Bertz CT molecular complexity index is 1560. The van der Waals surface area contributed by atoms with Crippen molar-refractivity contribution in [3.8, 4) is 6.07 Å². The number of nitrogens with zero attached hydrogens (tertiary/aromatic N) is 4. The summed E-state index contributed by atoms with van der Waals surface area (Å²) in [6.45, 7) is 5.04. The Kier molecular flexibility index (Phi) is 7.80. The summed E-state index contributed by atoms with van der Waals surface area (Å²) >= 11 is 6.42. The molecule has 1 aliphatic heterocycles. The molecule has 1 aliphatic rings. The Hall–Kier alpha value is -3.82. The summed E-state index contributed by atoms with van der Waals surface area (Å²) in [5.74, 6) is -0.428. The highest BCUT2D eigenvalue weighted by molar-refractivity contribution is 7.91. The zero-order valence-electron chi connectivity index (χ0n) is 21.0. The molecule has 11 nitrogen and oxygen atoms in total. The van der Waals surface area contributed by atoms with Gasteiger partial charge >= 0.3 is 5.97 Å². The normalized spacial score (nSPS) is 16.6. The topological polar surface area (TPSA) is 149 Å². The van der Waals surface area contributed by atoms with Crippen LogP contribution in [0.5, 0.6) is 0 Å². The molecule has 4 rings (SSSR count). The SMILES string of the molecule is Cc1nn(C2CCS(=O)(=O)C2)c(Cl)c1/C=C/C(=O)OCC(=O)Nc1c(C#N)c(C)c(C)n1Cc1ccco1. The number of rotatable bonds is 8. The molecule has 1 atom stereocenters. The highest BCUT2D eigenvalue weighted by Crippen LogP contribution is 2.31. The third-order valence-corrected chi connectivity index (χ3v) is 8.58. The first kappa shape index (κ1) is 27.2. The van der Waals surface area contributed by atoms with E-state index in [1.165, 1.54) is 17.0 Å². The van der Waals surface area contributed by atoms with Crippen LogP contribution in [-0.2, 0) is 30.7 Å². The molecule has 1 fully saturated rings. The van der Waals surface area contributed by atoms with E-state index in [0.29, 0.717) is 41.4 Å². The van der Waals surface area contributed by atoms with Gasteiger partial charge in [0, 0.05) is 17.3 Å². The fraction of sp³-hybridized carbons (Fsp3) is 0.360. The lowest BCUT2D eigenvalue weighted by Crippen LogP contribution is -2.22. The van der Waals surface area contributed by atoms with Gasteiger partial charge in [-0.2, -0.15) is 10.4 Å². The Morgan fingerprint density at radius 1 is 1.37 bits per heavy atom. The first-order valence-corrected chi connectivity index (χ1v) is 13.9. The van der Waals surface area contributed by atoms with Gasteiger partial charge in [0.2, 0.25) is 0 Å². The molecule has 4 heterocycles. The number of furan rings is 1. The molecular formula is C25H26ClN5O6S. The Labute approximate surface area is 224 Å². The van der Waals surface area contributed by atoms with Gasteiger partial charge in [0.15, 0.2) is 16.4 Å². The Balaban J connectivity index is 1.40. The summed E-state index contributed by atoms with van der Waals surface area (Å²) in [6, 6.07) is 5.28. The molecule has 1 saturated heterocycles. The number of aryl methyl sites for hydroxylation is 1. The number of anilines is 1. The number of halogens is 1. The third-order valence-electron chi connectivity index (χ3n) is 6.45. The lowest BCUT2D eigenvalue weighted by atomic mass is 10.2. The van der Waals surface area contributed by atoms with Gasteiger partial charge < -0.3 is 19.0 Å². The predicted molar refractivity (Wildman–Crippen MR) is 139 cm³/mol.